The predicted molar refractivity (Wildman–Crippen MR) is 69.6 cm³/mol. The summed E-state index contributed by atoms with van der Waals surface area (Å²) in [5, 5.41) is 9.64. The van der Waals surface area contributed by atoms with E-state index in [9.17, 15) is 9.90 Å². The van der Waals surface area contributed by atoms with E-state index >= 15 is 0 Å². The van der Waals surface area contributed by atoms with Gasteiger partial charge in [-0.3, -0.25) is 4.79 Å². The van der Waals surface area contributed by atoms with Crippen molar-refractivity contribution in [3.63, 3.8) is 0 Å². The molecule has 0 radical (unpaired) electrons. The monoisotopic (exact) mass is 246 g/mol. The Kier molecular flexibility index (Phi) is 5.41. The first-order valence-electron chi connectivity index (χ1n) is 5.92. The number of carbonyl (C=O) groups excluding carboxylic acids is 1. The van der Waals surface area contributed by atoms with E-state index < -0.39 is 18.2 Å². The molecule has 1 aromatic carbocycles. The number of hydrogen-bond donors (Lipinski definition) is 1. The van der Waals surface area contributed by atoms with Gasteiger partial charge >= 0.3 is 5.97 Å². The fraction of sp³-hybridized carbons (Fsp3) is 0.400. The fourth-order valence-corrected chi connectivity index (χ4v) is 1.30. The van der Waals surface area contributed by atoms with Crippen LogP contribution in [0.25, 0.3) is 0 Å². The zero-order valence-electron chi connectivity index (χ0n) is 10.9. The van der Waals surface area contributed by atoms with Crippen LogP contribution in [0.2, 0.25) is 0 Å². The lowest BCUT2D eigenvalue weighted by Crippen LogP contribution is -2.13. The van der Waals surface area contributed by atoms with E-state index in [0.717, 1.165) is 5.56 Å². The Morgan fingerprint density at radius 2 is 1.83 bits per heavy atom. The summed E-state index contributed by atoms with van der Waals surface area (Å²) in [5.41, 5.74) is 0.802. The Bertz CT molecular complexity index is 440. The molecule has 1 N–H and O–H groups in total. The summed E-state index contributed by atoms with van der Waals surface area (Å²) in [6.45, 7) is 5.10. The highest BCUT2D eigenvalue weighted by molar-refractivity contribution is 5.66. The molecule has 0 aliphatic carbocycles. The highest BCUT2D eigenvalue weighted by Crippen LogP contribution is 2.16. The number of benzene rings is 1. The van der Waals surface area contributed by atoms with Crippen LogP contribution in [-0.4, -0.2) is 17.2 Å². The second-order valence-corrected chi connectivity index (χ2v) is 4.38. The van der Waals surface area contributed by atoms with Gasteiger partial charge in [-0.2, -0.15) is 0 Å². The van der Waals surface area contributed by atoms with Gasteiger partial charge in [0, 0.05) is 12.5 Å². The van der Waals surface area contributed by atoms with E-state index in [2.05, 4.69) is 11.8 Å². The van der Waals surface area contributed by atoms with Crippen LogP contribution in [0.4, 0.5) is 0 Å². The first-order chi connectivity index (χ1) is 8.50. The molecule has 0 unspecified atom stereocenters. The van der Waals surface area contributed by atoms with Crippen molar-refractivity contribution in [2.75, 3.05) is 0 Å². The lowest BCUT2D eigenvalue weighted by molar-refractivity contribution is -0.144. The van der Waals surface area contributed by atoms with Gasteiger partial charge in [0.1, 0.15) is 6.10 Å². The lowest BCUT2D eigenvalue weighted by atomic mass is 10.1. The van der Waals surface area contributed by atoms with E-state index in [0.29, 0.717) is 0 Å². The van der Waals surface area contributed by atoms with Gasteiger partial charge in [0.2, 0.25) is 0 Å². The minimum atomic E-state index is -0.716. The maximum absolute atomic E-state index is 11.1. The average molecular weight is 246 g/mol. The third-order valence-corrected chi connectivity index (χ3v) is 2.38. The summed E-state index contributed by atoms with van der Waals surface area (Å²) in [7, 11) is 0. The highest BCUT2D eigenvalue weighted by Gasteiger charge is 2.12. The number of ether oxygens (including phenoxy) is 1. The van der Waals surface area contributed by atoms with Crippen LogP contribution in [0.3, 0.4) is 0 Å². The van der Waals surface area contributed by atoms with Gasteiger partial charge in [0.25, 0.3) is 0 Å². The summed E-state index contributed by atoms with van der Waals surface area (Å²) in [5.74, 6) is 5.18. The largest absolute Gasteiger partial charge is 0.444 e. The van der Waals surface area contributed by atoms with Crippen LogP contribution < -0.4 is 0 Å². The number of hydrogen-bond acceptors (Lipinski definition) is 3. The highest BCUT2D eigenvalue weighted by atomic mass is 16.5. The van der Waals surface area contributed by atoms with E-state index in [1.165, 1.54) is 6.92 Å². The van der Waals surface area contributed by atoms with Crippen LogP contribution in [0.15, 0.2) is 30.3 Å². The molecular formula is C15H18O3. The molecule has 0 spiro atoms. The molecule has 0 aliphatic heterocycles. The minimum absolute atomic E-state index is 0.0475. The second kappa shape index (κ2) is 6.83. The summed E-state index contributed by atoms with van der Waals surface area (Å²) in [6.07, 6.45) is -1.34. The fourth-order valence-electron chi connectivity index (χ4n) is 1.30. The molecule has 1 aromatic rings. The van der Waals surface area contributed by atoms with E-state index in [-0.39, 0.29) is 5.92 Å². The van der Waals surface area contributed by atoms with Crippen molar-refractivity contribution >= 4 is 5.97 Å². The number of aliphatic hydroxyl groups excluding tert-OH is 1. The second-order valence-electron chi connectivity index (χ2n) is 4.38. The molecule has 0 heterocycles. The normalized spacial score (nSPS) is 13.4. The molecule has 1 rings (SSSR count). The molecule has 0 aliphatic rings. The summed E-state index contributed by atoms with van der Waals surface area (Å²) in [4.78, 5) is 11.1. The standard InChI is InChI=1S/C15H18O3/c1-11(2)14(17)9-10-15(18-12(3)16)13-7-5-4-6-8-13/h4-8,11,14-15,17H,1-3H3/t14-,15+/m0/s1. The van der Waals surface area contributed by atoms with Crippen molar-refractivity contribution in [2.24, 2.45) is 5.92 Å². The number of esters is 1. The average Bonchev–Trinajstić information content (AvgIpc) is 2.34. The third kappa shape index (κ3) is 4.60. The summed E-state index contributed by atoms with van der Waals surface area (Å²) in [6, 6.07) is 9.26. The maximum atomic E-state index is 11.1. The van der Waals surface area contributed by atoms with Gasteiger partial charge in [0.05, 0.1) is 0 Å². The van der Waals surface area contributed by atoms with Crippen LogP contribution in [0, 0.1) is 17.8 Å². The molecule has 0 saturated heterocycles. The molecule has 2 atom stereocenters. The zero-order chi connectivity index (χ0) is 13.5. The minimum Gasteiger partial charge on any atom is -0.444 e. The molecule has 0 aromatic heterocycles. The number of rotatable bonds is 3. The van der Waals surface area contributed by atoms with Crippen molar-refractivity contribution in [2.45, 2.75) is 33.0 Å². The van der Waals surface area contributed by atoms with E-state index in [1.807, 2.05) is 44.2 Å². The van der Waals surface area contributed by atoms with Crippen molar-refractivity contribution < 1.29 is 14.6 Å². The van der Waals surface area contributed by atoms with Crippen LogP contribution in [-0.2, 0) is 9.53 Å². The smallest absolute Gasteiger partial charge is 0.304 e. The van der Waals surface area contributed by atoms with Gasteiger partial charge in [-0.1, -0.05) is 56.0 Å². The molecule has 0 saturated carbocycles. The van der Waals surface area contributed by atoms with E-state index in [1.54, 1.807) is 0 Å². The SMILES string of the molecule is CC(=O)O[C@H](C#C[C@H](O)C(C)C)c1ccccc1. The van der Waals surface area contributed by atoms with Gasteiger partial charge < -0.3 is 9.84 Å². The van der Waals surface area contributed by atoms with Crippen molar-refractivity contribution in [1.82, 2.24) is 0 Å². The van der Waals surface area contributed by atoms with Gasteiger partial charge in [0.15, 0.2) is 6.10 Å². The maximum Gasteiger partial charge on any atom is 0.304 e. The topological polar surface area (TPSA) is 46.5 Å². The quantitative estimate of drug-likeness (QED) is 0.657. The Morgan fingerprint density at radius 3 is 2.33 bits per heavy atom. The predicted octanol–water partition coefficient (Wildman–Crippen LogP) is 2.31. The molecule has 3 heteroatoms. The third-order valence-electron chi connectivity index (χ3n) is 2.38. The molecule has 0 amide bonds. The van der Waals surface area contributed by atoms with E-state index in [4.69, 9.17) is 4.74 Å². The van der Waals surface area contributed by atoms with Crippen LogP contribution in [0.1, 0.15) is 32.4 Å². The van der Waals surface area contributed by atoms with Gasteiger partial charge in [-0.25, -0.2) is 0 Å². The van der Waals surface area contributed by atoms with Gasteiger partial charge in [-0.05, 0) is 5.92 Å². The number of aliphatic hydroxyl groups is 1. The summed E-state index contributed by atoms with van der Waals surface area (Å²) < 4.78 is 5.14. The molecule has 3 nitrogen and oxygen atoms in total. The molecule has 0 bridgehead atoms. The molecule has 18 heavy (non-hydrogen) atoms. The first kappa shape index (κ1) is 14.3. The Balaban J connectivity index is 2.89. The molecule has 96 valence electrons. The van der Waals surface area contributed by atoms with Crippen LogP contribution >= 0.6 is 0 Å². The van der Waals surface area contributed by atoms with Crippen molar-refractivity contribution in [3.05, 3.63) is 35.9 Å². The Hall–Kier alpha value is -1.79. The van der Waals surface area contributed by atoms with Gasteiger partial charge in [-0.15, -0.1) is 0 Å². The Morgan fingerprint density at radius 1 is 1.22 bits per heavy atom. The van der Waals surface area contributed by atoms with Crippen LogP contribution in [0.5, 0.6) is 0 Å². The first-order valence-corrected chi connectivity index (χ1v) is 5.92. The van der Waals surface area contributed by atoms with Crippen molar-refractivity contribution in [3.8, 4) is 11.8 Å². The van der Waals surface area contributed by atoms with Crippen molar-refractivity contribution in [1.29, 1.82) is 0 Å². The Labute approximate surface area is 108 Å². The summed E-state index contributed by atoms with van der Waals surface area (Å²) >= 11 is 0. The molecular weight excluding hydrogens is 228 g/mol. The number of carbonyl (C=O) groups is 1. The zero-order valence-corrected chi connectivity index (χ0v) is 10.9. The molecule has 0 fully saturated rings. The lowest BCUT2D eigenvalue weighted by Gasteiger charge is -2.12.